The van der Waals surface area contributed by atoms with Crippen molar-refractivity contribution >= 4 is 15.9 Å². The van der Waals surface area contributed by atoms with Gasteiger partial charge in [-0.3, -0.25) is 15.4 Å². The number of hydrogen-bond acceptors (Lipinski definition) is 4. The van der Waals surface area contributed by atoms with Crippen LogP contribution in [0.1, 0.15) is 41.3 Å². The first-order valence-corrected chi connectivity index (χ1v) is 12.2. The summed E-state index contributed by atoms with van der Waals surface area (Å²) in [5, 5.41) is 4.53. The fourth-order valence-electron chi connectivity index (χ4n) is 4.24. The van der Waals surface area contributed by atoms with E-state index in [4.69, 9.17) is 1.41 Å². The molecule has 0 aliphatic carbocycles. The van der Waals surface area contributed by atoms with Crippen molar-refractivity contribution in [1.29, 1.82) is 5.40 Å². The van der Waals surface area contributed by atoms with Gasteiger partial charge in [-0.05, 0) is 48.4 Å². The average Bonchev–Trinajstić information content (AvgIpc) is 3.29. The first-order chi connectivity index (χ1) is 17.7. The lowest BCUT2D eigenvalue weighted by molar-refractivity contribution is -0.141. The van der Waals surface area contributed by atoms with Gasteiger partial charge in [0.15, 0.2) is 1.41 Å². The Balaban J connectivity index is 1.90. The molecule has 1 aliphatic rings. The fourth-order valence-corrected chi connectivity index (χ4v) is 5.95. The highest BCUT2D eigenvalue weighted by Gasteiger charge is 2.49. The predicted octanol–water partition coefficient (Wildman–Crippen LogP) is 5.86. The van der Waals surface area contributed by atoms with E-state index in [0.717, 1.165) is 34.9 Å². The summed E-state index contributed by atoms with van der Waals surface area (Å²) in [6.07, 6.45) is -8.49. The number of aromatic nitrogens is 1. The number of rotatable bonds is 4. The summed E-state index contributed by atoms with van der Waals surface area (Å²) in [5.41, 5.74) is -1.47. The van der Waals surface area contributed by atoms with Gasteiger partial charge in [0.25, 0.3) is 10.0 Å². The fraction of sp³-hybridized carbons (Fsp3) is 0.250. The largest absolute Gasteiger partial charge is 0.433 e. The number of nitrogens with zero attached hydrogens (tertiary/aromatic N) is 3. The third-order valence-electron chi connectivity index (χ3n) is 5.97. The highest BCUT2D eigenvalue weighted by molar-refractivity contribution is 7.89. The summed E-state index contributed by atoms with van der Waals surface area (Å²) in [4.78, 5) is 3.00. The van der Waals surface area contributed by atoms with Crippen LogP contribution in [0, 0.1) is 5.40 Å². The molecule has 6 nitrogen and oxygen atoms in total. The highest BCUT2D eigenvalue weighted by Crippen LogP contribution is 2.46. The Bertz CT molecular complexity index is 1410. The summed E-state index contributed by atoms with van der Waals surface area (Å²) in [6, 6.07) is 12.1. The summed E-state index contributed by atoms with van der Waals surface area (Å²) in [5.74, 6) is -0.709. The van der Waals surface area contributed by atoms with Gasteiger partial charge in [-0.2, -0.15) is 26.3 Å². The van der Waals surface area contributed by atoms with Crippen LogP contribution in [0.4, 0.5) is 26.3 Å². The number of alkyl halides is 6. The molecular weight excluding hydrogens is 522 g/mol. The Morgan fingerprint density at radius 2 is 1.59 bits per heavy atom. The maximum Gasteiger partial charge on any atom is 0.433 e. The molecule has 1 fully saturated rings. The molecular formula is C24H20F6N4O2S. The van der Waals surface area contributed by atoms with E-state index in [2.05, 4.69) is 10.4 Å². The first-order valence-electron chi connectivity index (χ1n) is 11.3. The van der Waals surface area contributed by atoms with Gasteiger partial charge in [0, 0.05) is 18.7 Å². The molecule has 2 atom stereocenters. The third-order valence-corrected chi connectivity index (χ3v) is 7.76. The van der Waals surface area contributed by atoms with Crippen LogP contribution >= 0.6 is 0 Å². The molecule has 1 aromatic heterocycles. The maximum atomic E-state index is 13.9. The Morgan fingerprint density at radius 1 is 0.946 bits per heavy atom. The van der Waals surface area contributed by atoms with Crippen molar-refractivity contribution in [3.63, 3.8) is 0 Å². The lowest BCUT2D eigenvalue weighted by atomic mass is 9.89. The minimum absolute atomic E-state index is 0.0379. The van der Waals surface area contributed by atoms with Crippen molar-refractivity contribution in [1.82, 2.24) is 14.4 Å². The smallest absolute Gasteiger partial charge is 0.288 e. The number of hydrazine groups is 1. The number of amidine groups is 1. The molecule has 1 N–H and O–H groups in total. The second kappa shape index (κ2) is 9.45. The summed E-state index contributed by atoms with van der Waals surface area (Å²) in [6.45, 7) is 1.33. The predicted molar refractivity (Wildman–Crippen MR) is 122 cm³/mol. The molecule has 13 heteroatoms. The van der Waals surface area contributed by atoms with E-state index in [1.807, 2.05) is 0 Å². The lowest BCUT2D eigenvalue weighted by Gasteiger charge is -2.32. The van der Waals surface area contributed by atoms with Gasteiger partial charge >= 0.3 is 12.4 Å². The molecule has 196 valence electrons. The van der Waals surface area contributed by atoms with Crippen molar-refractivity contribution in [2.45, 2.75) is 36.1 Å². The second-order valence-electron chi connectivity index (χ2n) is 8.37. The maximum absolute atomic E-state index is 13.9. The van der Waals surface area contributed by atoms with Crippen LogP contribution in [0.3, 0.4) is 0 Å². The minimum Gasteiger partial charge on any atom is -0.288 e. The second-order valence-corrected chi connectivity index (χ2v) is 10.2. The Morgan fingerprint density at radius 3 is 2.11 bits per heavy atom. The van der Waals surface area contributed by atoms with Gasteiger partial charge in [0.05, 0.1) is 16.5 Å². The SMILES string of the molecule is [H]/N=C(\C)N1CC(c2ccccc2)[C@@H](c2ccc(C(F)(F)F)nc2)N1S(=O)(=O)c1ccc(C(F)(F)F)cc1. The molecule has 1 saturated heterocycles. The molecule has 2 aromatic carbocycles. The topological polar surface area (TPSA) is 77.4 Å². The van der Waals surface area contributed by atoms with Crippen LogP contribution in [-0.4, -0.2) is 35.2 Å². The standard InChI is InChI=1S/C24H20F6N4O2S/c1-15(31)33-14-20(16-5-3-2-4-6-16)22(17-7-12-21(32-13-17)24(28,29)30)34(33)37(35,36)19-10-8-18(9-11-19)23(25,26)27/h2-13,20,22,31H,14H2,1H3/b31-15+/t20?,22-/m1/s1. The molecule has 0 radical (unpaired) electrons. The van der Waals surface area contributed by atoms with Gasteiger partial charge in [-0.1, -0.05) is 36.4 Å². The first kappa shape index (κ1) is 25.2. The van der Waals surface area contributed by atoms with E-state index >= 15 is 0 Å². The van der Waals surface area contributed by atoms with Gasteiger partial charge in [0.2, 0.25) is 0 Å². The molecule has 4 rings (SSSR count). The summed E-state index contributed by atoms with van der Waals surface area (Å²) in [7, 11) is -4.60. The quantitative estimate of drug-likeness (QED) is 0.255. The van der Waals surface area contributed by atoms with E-state index in [1.165, 1.54) is 11.9 Å². The molecule has 3 aromatic rings. The van der Waals surface area contributed by atoms with Crippen molar-refractivity contribution in [2.24, 2.45) is 0 Å². The number of hydrogen-bond donors (Lipinski definition) is 1. The van der Waals surface area contributed by atoms with Crippen molar-refractivity contribution in [3.8, 4) is 0 Å². The molecule has 1 unspecified atom stereocenters. The highest BCUT2D eigenvalue weighted by atomic mass is 32.2. The Kier molecular flexibility index (Phi) is 6.44. The van der Waals surface area contributed by atoms with Crippen LogP contribution in [0.25, 0.3) is 0 Å². The van der Waals surface area contributed by atoms with E-state index in [9.17, 15) is 34.8 Å². The summed E-state index contributed by atoms with van der Waals surface area (Å²) >= 11 is 0. The van der Waals surface area contributed by atoms with E-state index in [0.29, 0.717) is 17.7 Å². The van der Waals surface area contributed by atoms with Crippen LogP contribution < -0.4 is 0 Å². The Labute approximate surface area is 210 Å². The number of nitrogens with one attached hydrogen (secondary N) is 1. The van der Waals surface area contributed by atoms with Crippen molar-refractivity contribution in [2.75, 3.05) is 6.54 Å². The number of benzene rings is 2. The van der Waals surface area contributed by atoms with Crippen LogP contribution in [0.15, 0.2) is 77.8 Å². The van der Waals surface area contributed by atoms with E-state index in [1.54, 1.807) is 30.3 Å². The Hall–Kier alpha value is -3.45. The monoisotopic (exact) mass is 542 g/mol. The van der Waals surface area contributed by atoms with Crippen LogP contribution in [0.5, 0.6) is 0 Å². The number of halogens is 6. The molecule has 0 saturated carbocycles. The minimum atomic E-state index is -4.72. The number of sulfonamides is 1. The lowest BCUT2D eigenvalue weighted by Crippen LogP contribution is -2.44. The molecule has 37 heavy (non-hydrogen) atoms. The van der Waals surface area contributed by atoms with Crippen LogP contribution in [-0.2, 0) is 22.4 Å². The molecule has 1 aliphatic heterocycles. The van der Waals surface area contributed by atoms with Gasteiger partial charge in [0.1, 0.15) is 11.5 Å². The number of pyridine rings is 1. The van der Waals surface area contributed by atoms with Crippen LogP contribution in [0.2, 0.25) is 1.41 Å². The van der Waals surface area contributed by atoms with Crippen molar-refractivity contribution in [3.05, 3.63) is 95.3 Å². The third kappa shape index (κ3) is 5.18. The molecule has 0 bridgehead atoms. The van der Waals surface area contributed by atoms with Crippen molar-refractivity contribution < 1.29 is 36.2 Å². The average molecular weight is 543 g/mol. The molecule has 0 spiro atoms. The van der Waals surface area contributed by atoms with Gasteiger partial charge in [-0.15, -0.1) is 4.41 Å². The zero-order valence-electron chi connectivity index (χ0n) is 20.1. The normalized spacial score (nSPS) is 20.2. The molecule has 2 heterocycles. The van der Waals surface area contributed by atoms with Gasteiger partial charge < -0.3 is 0 Å². The van der Waals surface area contributed by atoms with Gasteiger partial charge in [-0.25, -0.2) is 8.42 Å². The molecule has 0 amide bonds. The zero-order valence-corrected chi connectivity index (χ0v) is 19.9. The zero-order chi connectivity index (χ0) is 27.9. The summed E-state index contributed by atoms with van der Waals surface area (Å²) < 4.78 is 115. The van der Waals surface area contributed by atoms with E-state index < -0.39 is 50.5 Å². The van der Waals surface area contributed by atoms with E-state index in [-0.39, 0.29) is 17.9 Å².